The zero-order valence-electron chi connectivity index (χ0n) is 13.6. The molecule has 0 spiro atoms. The summed E-state index contributed by atoms with van der Waals surface area (Å²) in [6.07, 6.45) is 0.663. The Balaban J connectivity index is 1.69. The second-order valence-corrected chi connectivity index (χ2v) is 6.59. The Morgan fingerprint density at radius 2 is 2.12 bits per heavy atom. The molecule has 128 valence electrons. The summed E-state index contributed by atoms with van der Waals surface area (Å²) < 4.78 is 5.38. The van der Waals surface area contributed by atoms with Crippen LogP contribution in [0.3, 0.4) is 0 Å². The zero-order valence-corrected chi connectivity index (χ0v) is 14.4. The Kier molecular flexibility index (Phi) is 3.94. The second kappa shape index (κ2) is 6.13. The molecule has 1 aliphatic heterocycles. The van der Waals surface area contributed by atoms with Crippen molar-refractivity contribution in [3.63, 3.8) is 0 Å². The molecule has 6 nitrogen and oxygen atoms in total. The van der Waals surface area contributed by atoms with Gasteiger partial charge < -0.3 is 9.40 Å². The number of aryl methyl sites for hydroxylation is 1. The smallest absolute Gasteiger partial charge is 0.342 e. The Morgan fingerprint density at radius 3 is 2.96 bits per heavy atom. The van der Waals surface area contributed by atoms with Crippen molar-refractivity contribution in [3.05, 3.63) is 72.7 Å². The minimum Gasteiger partial charge on any atom is -0.422 e. The van der Waals surface area contributed by atoms with Gasteiger partial charge in [-0.25, -0.2) is 9.78 Å². The quantitative estimate of drug-likeness (QED) is 0.712. The minimum absolute atomic E-state index is 0.121. The van der Waals surface area contributed by atoms with Crippen LogP contribution in [0.15, 0.2) is 38.3 Å². The van der Waals surface area contributed by atoms with E-state index in [1.807, 2.05) is 17.0 Å². The second-order valence-electron chi connectivity index (χ2n) is 6.22. The van der Waals surface area contributed by atoms with E-state index in [0.29, 0.717) is 59.0 Å². The first kappa shape index (κ1) is 16.1. The summed E-state index contributed by atoms with van der Waals surface area (Å²) in [4.78, 5) is 33.6. The van der Waals surface area contributed by atoms with Gasteiger partial charge in [-0.1, -0.05) is 23.7 Å². The van der Waals surface area contributed by atoms with Crippen LogP contribution in [-0.2, 0) is 19.5 Å². The van der Waals surface area contributed by atoms with Gasteiger partial charge in [0, 0.05) is 31.4 Å². The average molecular weight is 358 g/mol. The fourth-order valence-electron chi connectivity index (χ4n) is 3.25. The van der Waals surface area contributed by atoms with Gasteiger partial charge in [0.15, 0.2) is 0 Å². The maximum atomic E-state index is 12.3. The lowest BCUT2D eigenvalue weighted by molar-refractivity contribution is 0.238. The van der Waals surface area contributed by atoms with Crippen molar-refractivity contribution in [2.24, 2.45) is 0 Å². The summed E-state index contributed by atoms with van der Waals surface area (Å²) in [6.45, 7) is 3.24. The Labute approximate surface area is 148 Å². The number of aromatic amines is 1. The van der Waals surface area contributed by atoms with Gasteiger partial charge in [0.1, 0.15) is 11.4 Å². The average Bonchev–Trinajstić information content (AvgIpc) is 2.59. The molecule has 0 amide bonds. The van der Waals surface area contributed by atoms with Crippen LogP contribution in [-0.4, -0.2) is 21.4 Å². The predicted octanol–water partition coefficient (Wildman–Crippen LogP) is 2.40. The number of rotatable bonds is 2. The van der Waals surface area contributed by atoms with Crippen LogP contribution in [0.5, 0.6) is 0 Å². The molecular weight excluding hydrogens is 342 g/mol. The summed E-state index contributed by atoms with van der Waals surface area (Å²) >= 11 is 6.45. The van der Waals surface area contributed by atoms with Crippen LogP contribution in [0.25, 0.3) is 11.0 Å². The fourth-order valence-corrected chi connectivity index (χ4v) is 3.54. The highest BCUT2D eigenvalue weighted by molar-refractivity contribution is 6.35. The molecule has 0 radical (unpaired) electrons. The molecule has 3 heterocycles. The number of nitrogens with one attached hydrogen (secondary N) is 1. The largest absolute Gasteiger partial charge is 0.422 e. The maximum Gasteiger partial charge on any atom is 0.342 e. The van der Waals surface area contributed by atoms with E-state index in [-0.39, 0.29) is 5.56 Å². The molecule has 2 aromatic heterocycles. The number of hydrogen-bond donors (Lipinski definition) is 1. The van der Waals surface area contributed by atoms with Crippen molar-refractivity contribution in [3.8, 4) is 0 Å². The minimum atomic E-state index is -0.439. The summed E-state index contributed by atoms with van der Waals surface area (Å²) in [5, 5.41) is 1.12. The van der Waals surface area contributed by atoms with Gasteiger partial charge in [0.2, 0.25) is 0 Å². The highest BCUT2D eigenvalue weighted by Crippen LogP contribution is 2.26. The van der Waals surface area contributed by atoms with E-state index >= 15 is 0 Å². The number of nitrogens with zero attached hydrogens (tertiary/aromatic N) is 2. The number of H-pyrrole nitrogens is 1. The fraction of sp³-hybridized carbons (Fsp3) is 0.278. The van der Waals surface area contributed by atoms with E-state index in [1.165, 1.54) is 0 Å². The van der Waals surface area contributed by atoms with Crippen molar-refractivity contribution in [2.45, 2.75) is 26.4 Å². The Morgan fingerprint density at radius 1 is 1.32 bits per heavy atom. The molecular formula is C18H16ClN3O3. The van der Waals surface area contributed by atoms with E-state index in [2.05, 4.69) is 9.97 Å². The molecule has 1 aliphatic rings. The number of aromatic nitrogens is 2. The van der Waals surface area contributed by atoms with Crippen LogP contribution in [0.1, 0.15) is 22.6 Å². The Bertz CT molecular complexity index is 1090. The van der Waals surface area contributed by atoms with Crippen LogP contribution < -0.4 is 11.2 Å². The number of halogens is 1. The lowest BCUT2D eigenvalue weighted by Crippen LogP contribution is -2.36. The van der Waals surface area contributed by atoms with Gasteiger partial charge in [-0.3, -0.25) is 9.69 Å². The molecule has 4 rings (SSSR count). The summed E-state index contributed by atoms with van der Waals surface area (Å²) in [7, 11) is 0. The number of fused-ring (bicyclic) bond motifs is 2. The van der Waals surface area contributed by atoms with Crippen molar-refractivity contribution >= 4 is 22.6 Å². The summed E-state index contributed by atoms with van der Waals surface area (Å²) in [5.41, 5.74) is 1.81. The van der Waals surface area contributed by atoms with Crippen LogP contribution in [0.4, 0.5) is 0 Å². The first-order valence-electron chi connectivity index (χ1n) is 8.04. The van der Waals surface area contributed by atoms with Gasteiger partial charge in [-0.2, -0.15) is 0 Å². The standard InChI is InChI=1S/C18H16ClN3O3/c1-10-20-14-6-7-22(8-12(14)17(23)21-10)9-13-16(19)11-4-2-3-5-15(11)25-18(13)24/h2-5H,6-9H2,1H3,(H,20,21,23). The van der Waals surface area contributed by atoms with Gasteiger partial charge in [0.05, 0.1) is 21.8 Å². The van der Waals surface area contributed by atoms with Crippen molar-refractivity contribution in [1.82, 2.24) is 14.9 Å². The van der Waals surface area contributed by atoms with E-state index in [4.69, 9.17) is 16.0 Å². The Hall–Kier alpha value is -2.44. The van der Waals surface area contributed by atoms with E-state index < -0.39 is 5.63 Å². The molecule has 0 aliphatic carbocycles. The predicted molar refractivity (Wildman–Crippen MR) is 94.9 cm³/mol. The SMILES string of the molecule is Cc1nc2c(c(=O)[nH]1)CN(Cc1c(Cl)c3ccccc3oc1=O)CC2. The molecule has 0 fully saturated rings. The third kappa shape index (κ3) is 2.88. The molecule has 0 atom stereocenters. The van der Waals surface area contributed by atoms with Crippen molar-refractivity contribution < 1.29 is 4.42 Å². The lowest BCUT2D eigenvalue weighted by Gasteiger charge is -2.27. The van der Waals surface area contributed by atoms with Gasteiger partial charge in [0.25, 0.3) is 5.56 Å². The highest BCUT2D eigenvalue weighted by atomic mass is 35.5. The zero-order chi connectivity index (χ0) is 17.6. The van der Waals surface area contributed by atoms with Crippen molar-refractivity contribution in [2.75, 3.05) is 6.54 Å². The third-order valence-electron chi connectivity index (χ3n) is 4.49. The monoisotopic (exact) mass is 357 g/mol. The summed E-state index contributed by atoms with van der Waals surface area (Å²) in [6, 6.07) is 7.19. The molecule has 1 N–H and O–H groups in total. The first-order valence-corrected chi connectivity index (χ1v) is 8.42. The summed E-state index contributed by atoms with van der Waals surface area (Å²) in [5.74, 6) is 0.621. The third-order valence-corrected chi connectivity index (χ3v) is 4.92. The molecule has 7 heteroatoms. The number of benzene rings is 1. The topological polar surface area (TPSA) is 79.2 Å². The van der Waals surface area contributed by atoms with Crippen LogP contribution in [0.2, 0.25) is 5.02 Å². The molecule has 1 aromatic carbocycles. The van der Waals surface area contributed by atoms with Crippen LogP contribution in [0, 0.1) is 6.92 Å². The number of para-hydroxylation sites is 1. The normalized spacial score (nSPS) is 14.6. The molecule has 0 saturated carbocycles. The first-order chi connectivity index (χ1) is 12.0. The van der Waals surface area contributed by atoms with E-state index in [1.54, 1.807) is 19.1 Å². The van der Waals surface area contributed by atoms with Gasteiger partial charge in [-0.05, 0) is 19.1 Å². The van der Waals surface area contributed by atoms with Crippen molar-refractivity contribution in [1.29, 1.82) is 0 Å². The maximum absolute atomic E-state index is 12.3. The molecule has 0 unspecified atom stereocenters. The highest BCUT2D eigenvalue weighted by Gasteiger charge is 2.23. The molecule has 3 aromatic rings. The van der Waals surface area contributed by atoms with E-state index in [9.17, 15) is 9.59 Å². The molecule has 0 saturated heterocycles. The van der Waals surface area contributed by atoms with Gasteiger partial charge in [-0.15, -0.1) is 0 Å². The van der Waals surface area contributed by atoms with Gasteiger partial charge >= 0.3 is 5.63 Å². The molecule has 25 heavy (non-hydrogen) atoms. The van der Waals surface area contributed by atoms with E-state index in [0.717, 1.165) is 5.69 Å². The number of hydrogen-bond acceptors (Lipinski definition) is 5. The van der Waals surface area contributed by atoms with Crippen LogP contribution >= 0.6 is 11.6 Å². The molecule has 0 bridgehead atoms. The lowest BCUT2D eigenvalue weighted by atomic mass is 10.1.